The van der Waals surface area contributed by atoms with E-state index in [4.69, 9.17) is 4.84 Å². The molecule has 1 fully saturated rings. The summed E-state index contributed by atoms with van der Waals surface area (Å²) in [4.78, 5) is 29.1. The highest BCUT2D eigenvalue weighted by Crippen LogP contribution is 2.30. The van der Waals surface area contributed by atoms with Gasteiger partial charge >= 0.3 is 0 Å². The number of hydrogen-bond acceptors (Lipinski definition) is 5. The van der Waals surface area contributed by atoms with Gasteiger partial charge in [-0.1, -0.05) is 32.6 Å². The molecule has 1 heterocycles. The number of carbonyl (C=O) groups is 1. The van der Waals surface area contributed by atoms with E-state index < -0.39 is 0 Å². The average Bonchev–Trinajstić information content (AvgIpc) is 2.53. The Bertz CT molecular complexity index is 421. The number of carbonyl (C=O) groups excluding carboxylic acids is 1. The van der Waals surface area contributed by atoms with Crippen molar-refractivity contribution in [3.05, 3.63) is 12.2 Å². The molecule has 0 N–H and O–H groups in total. The monoisotopic (exact) mass is 278 g/mol. The Morgan fingerprint density at radius 2 is 2.15 bits per heavy atom. The third-order valence-electron chi connectivity index (χ3n) is 3.57. The highest BCUT2D eigenvalue weighted by molar-refractivity contribution is 5.67. The molecule has 0 saturated heterocycles. The molecule has 0 unspecified atom stereocenters. The second-order valence-corrected chi connectivity index (χ2v) is 5.10. The summed E-state index contributed by atoms with van der Waals surface area (Å²) in [6, 6.07) is 0. The number of anilines is 1. The Morgan fingerprint density at radius 1 is 1.35 bits per heavy atom. The molecule has 1 aromatic rings. The minimum atomic E-state index is 0.284. The van der Waals surface area contributed by atoms with Gasteiger partial charge in [0.25, 0.3) is 5.95 Å². The molecule has 1 saturated carbocycles. The van der Waals surface area contributed by atoms with Crippen molar-refractivity contribution >= 4 is 12.4 Å². The summed E-state index contributed by atoms with van der Waals surface area (Å²) in [5.41, 5.74) is 0. The van der Waals surface area contributed by atoms with Crippen LogP contribution in [0, 0.1) is 0 Å². The van der Waals surface area contributed by atoms with Crippen LogP contribution in [0.25, 0.3) is 0 Å². The smallest absolute Gasteiger partial charge is 0.260 e. The van der Waals surface area contributed by atoms with E-state index >= 15 is 0 Å². The maximum absolute atomic E-state index is 11.1. The molecule has 0 bridgehead atoms. The molecular formula is C14H22N4O2. The van der Waals surface area contributed by atoms with Crippen LogP contribution in [0.4, 0.5) is 5.95 Å². The highest BCUT2D eigenvalue weighted by atomic mass is 16.7. The molecule has 2 rings (SSSR count). The molecule has 1 aromatic heterocycles. The molecule has 1 aliphatic carbocycles. The topological polar surface area (TPSA) is 68.2 Å². The maximum Gasteiger partial charge on any atom is 0.260 e. The molecule has 20 heavy (non-hydrogen) atoms. The van der Waals surface area contributed by atoms with Crippen molar-refractivity contribution in [2.24, 2.45) is 0 Å². The Hall–Kier alpha value is -1.56. The van der Waals surface area contributed by atoms with Gasteiger partial charge in [0, 0.05) is 5.92 Å². The highest BCUT2D eigenvalue weighted by Gasteiger charge is 2.20. The third kappa shape index (κ3) is 3.96. The van der Waals surface area contributed by atoms with Crippen molar-refractivity contribution in [2.75, 3.05) is 11.7 Å². The zero-order chi connectivity index (χ0) is 14.2. The first-order valence-corrected chi connectivity index (χ1v) is 7.41. The normalized spacial score (nSPS) is 16.1. The predicted molar refractivity (Wildman–Crippen MR) is 75.1 cm³/mol. The van der Waals surface area contributed by atoms with Crippen LogP contribution in [-0.4, -0.2) is 28.0 Å². The summed E-state index contributed by atoms with van der Waals surface area (Å²) in [6.45, 7) is 2.55. The Balaban J connectivity index is 2.04. The minimum absolute atomic E-state index is 0.284. The van der Waals surface area contributed by atoms with Crippen LogP contribution < -0.4 is 5.06 Å². The van der Waals surface area contributed by atoms with Gasteiger partial charge in [0.2, 0.25) is 6.41 Å². The first-order valence-electron chi connectivity index (χ1n) is 7.41. The van der Waals surface area contributed by atoms with Crippen molar-refractivity contribution in [1.82, 2.24) is 15.0 Å². The Morgan fingerprint density at radius 3 is 2.85 bits per heavy atom. The number of hydroxylamine groups is 1. The quantitative estimate of drug-likeness (QED) is 0.435. The van der Waals surface area contributed by atoms with Gasteiger partial charge in [0.15, 0.2) is 0 Å². The van der Waals surface area contributed by atoms with Crippen LogP contribution in [-0.2, 0) is 9.63 Å². The molecule has 1 aliphatic rings. The van der Waals surface area contributed by atoms with Gasteiger partial charge in [-0.15, -0.1) is 0 Å². The summed E-state index contributed by atoms with van der Waals surface area (Å²) in [7, 11) is 0. The van der Waals surface area contributed by atoms with Gasteiger partial charge in [0.1, 0.15) is 12.2 Å². The second kappa shape index (κ2) is 7.89. The summed E-state index contributed by atoms with van der Waals surface area (Å²) < 4.78 is 0. The SMILES string of the molecule is CCCCON(C=O)c1ncnc(C2CCCCC2)n1. The molecule has 0 spiro atoms. The van der Waals surface area contributed by atoms with Crippen molar-refractivity contribution in [3.63, 3.8) is 0 Å². The van der Waals surface area contributed by atoms with Crippen LogP contribution in [0.3, 0.4) is 0 Å². The lowest BCUT2D eigenvalue weighted by Gasteiger charge is -2.21. The van der Waals surface area contributed by atoms with Crippen molar-refractivity contribution in [1.29, 1.82) is 0 Å². The predicted octanol–water partition coefficient (Wildman–Crippen LogP) is 2.61. The summed E-state index contributed by atoms with van der Waals surface area (Å²) >= 11 is 0. The lowest BCUT2D eigenvalue weighted by Crippen LogP contribution is -2.25. The van der Waals surface area contributed by atoms with E-state index in [0.717, 1.165) is 36.6 Å². The minimum Gasteiger partial charge on any atom is -0.276 e. The van der Waals surface area contributed by atoms with Gasteiger partial charge in [-0.05, 0) is 19.3 Å². The first-order chi connectivity index (χ1) is 9.85. The fourth-order valence-electron chi connectivity index (χ4n) is 2.41. The number of hydrogen-bond donors (Lipinski definition) is 0. The molecule has 1 amide bonds. The number of amides is 1. The summed E-state index contributed by atoms with van der Waals surface area (Å²) in [5.74, 6) is 1.45. The van der Waals surface area contributed by atoms with Gasteiger partial charge in [0.05, 0.1) is 6.61 Å². The van der Waals surface area contributed by atoms with Gasteiger partial charge < -0.3 is 0 Å². The molecule has 0 radical (unpaired) electrons. The average molecular weight is 278 g/mol. The Kier molecular flexibility index (Phi) is 5.86. The molecule has 0 aromatic carbocycles. The number of aromatic nitrogens is 3. The molecule has 0 atom stereocenters. The van der Waals surface area contributed by atoms with Crippen LogP contribution in [0.5, 0.6) is 0 Å². The zero-order valence-electron chi connectivity index (χ0n) is 12.0. The summed E-state index contributed by atoms with van der Waals surface area (Å²) in [6.07, 6.45) is 9.92. The second-order valence-electron chi connectivity index (χ2n) is 5.10. The molecule has 110 valence electrons. The number of unbranched alkanes of at least 4 members (excludes halogenated alkanes) is 1. The van der Waals surface area contributed by atoms with Crippen LogP contribution in [0.1, 0.15) is 63.6 Å². The van der Waals surface area contributed by atoms with Crippen molar-refractivity contribution in [3.8, 4) is 0 Å². The fourth-order valence-corrected chi connectivity index (χ4v) is 2.41. The van der Waals surface area contributed by atoms with E-state index in [0.29, 0.717) is 18.9 Å². The fraction of sp³-hybridized carbons (Fsp3) is 0.714. The number of nitrogens with zero attached hydrogens (tertiary/aromatic N) is 4. The maximum atomic E-state index is 11.1. The van der Waals surface area contributed by atoms with E-state index in [1.807, 2.05) is 0 Å². The van der Waals surface area contributed by atoms with Crippen LogP contribution in [0.2, 0.25) is 0 Å². The van der Waals surface area contributed by atoms with Crippen molar-refractivity contribution < 1.29 is 9.63 Å². The third-order valence-corrected chi connectivity index (χ3v) is 3.57. The van der Waals surface area contributed by atoms with Gasteiger partial charge in [-0.2, -0.15) is 15.0 Å². The van der Waals surface area contributed by atoms with E-state index in [1.165, 1.54) is 25.6 Å². The van der Waals surface area contributed by atoms with Crippen LogP contribution >= 0.6 is 0 Å². The molecule has 0 aliphatic heterocycles. The zero-order valence-corrected chi connectivity index (χ0v) is 12.0. The number of rotatable bonds is 7. The Labute approximate surface area is 119 Å². The standard InChI is InChI=1S/C14H22N4O2/c1-2-3-9-20-18(11-19)14-16-10-15-13(17-14)12-7-5-4-6-8-12/h10-12H,2-9H2,1H3. The summed E-state index contributed by atoms with van der Waals surface area (Å²) in [5, 5.41) is 1.10. The van der Waals surface area contributed by atoms with Gasteiger partial charge in [-0.25, -0.2) is 4.98 Å². The van der Waals surface area contributed by atoms with E-state index in [2.05, 4.69) is 21.9 Å². The molecular weight excluding hydrogens is 256 g/mol. The van der Waals surface area contributed by atoms with E-state index in [9.17, 15) is 4.79 Å². The molecule has 6 heteroatoms. The van der Waals surface area contributed by atoms with Crippen LogP contribution in [0.15, 0.2) is 6.33 Å². The van der Waals surface area contributed by atoms with E-state index in [-0.39, 0.29) is 5.95 Å². The molecule has 6 nitrogen and oxygen atoms in total. The van der Waals surface area contributed by atoms with Gasteiger partial charge in [-0.3, -0.25) is 9.63 Å². The lowest BCUT2D eigenvalue weighted by molar-refractivity contribution is -0.114. The van der Waals surface area contributed by atoms with Crippen molar-refractivity contribution in [2.45, 2.75) is 57.8 Å². The lowest BCUT2D eigenvalue weighted by atomic mass is 9.89. The largest absolute Gasteiger partial charge is 0.276 e. The first kappa shape index (κ1) is 14.8. The van der Waals surface area contributed by atoms with E-state index in [1.54, 1.807) is 0 Å².